The molecule has 27 heavy (non-hydrogen) atoms. The molecule has 1 aliphatic rings. The molecule has 0 amide bonds. The minimum atomic E-state index is -0.450. The number of nitrogens with one attached hydrogen (secondary N) is 1. The minimum absolute atomic E-state index is 0.362. The first-order valence-electron chi connectivity index (χ1n) is 9.19. The van der Waals surface area contributed by atoms with Crippen LogP contribution < -0.4 is 21.5 Å². The molecular formula is C19H30N4O4. The van der Waals surface area contributed by atoms with E-state index in [1.54, 1.807) is 12.1 Å². The van der Waals surface area contributed by atoms with E-state index >= 15 is 0 Å². The second-order valence-corrected chi connectivity index (χ2v) is 6.17. The lowest BCUT2D eigenvalue weighted by atomic mass is 10.1. The molecule has 0 spiro atoms. The SMILES string of the molecule is COC(=O)c1cc(N)c(NC/C=C/CN)c(OCCCN2CCOCC2)c1. The number of hydrogen-bond donors (Lipinski definition) is 3. The molecule has 1 aromatic carbocycles. The standard InChI is InChI=1S/C19H30N4O4/c1-25-19(24)15-13-16(21)18(22-6-3-2-5-20)17(14-15)27-10-4-7-23-8-11-26-12-9-23/h2-3,13-14,22H,4-12,20-21H2,1H3/b3-2+. The van der Waals surface area contributed by atoms with Crippen LogP contribution in [0, 0.1) is 0 Å². The summed E-state index contributed by atoms with van der Waals surface area (Å²) in [5, 5.41) is 3.22. The van der Waals surface area contributed by atoms with E-state index in [9.17, 15) is 4.79 Å². The fourth-order valence-corrected chi connectivity index (χ4v) is 2.81. The van der Waals surface area contributed by atoms with Gasteiger partial charge in [0.15, 0.2) is 0 Å². The molecule has 0 aromatic heterocycles. The predicted octanol–water partition coefficient (Wildman–Crippen LogP) is 1.08. The van der Waals surface area contributed by atoms with E-state index in [4.69, 9.17) is 25.7 Å². The third-order valence-corrected chi connectivity index (χ3v) is 4.23. The van der Waals surface area contributed by atoms with Crippen LogP contribution in [0.2, 0.25) is 0 Å². The first kappa shape index (κ1) is 21.0. The summed E-state index contributed by atoms with van der Waals surface area (Å²) in [6.45, 7) is 5.96. The van der Waals surface area contributed by atoms with E-state index in [0.717, 1.165) is 39.3 Å². The highest BCUT2D eigenvalue weighted by atomic mass is 16.5. The van der Waals surface area contributed by atoms with Crippen LogP contribution >= 0.6 is 0 Å². The monoisotopic (exact) mass is 378 g/mol. The summed E-state index contributed by atoms with van der Waals surface area (Å²) in [4.78, 5) is 14.2. The molecule has 150 valence electrons. The van der Waals surface area contributed by atoms with E-state index in [0.29, 0.717) is 42.4 Å². The van der Waals surface area contributed by atoms with Crippen molar-refractivity contribution >= 4 is 17.3 Å². The third-order valence-electron chi connectivity index (χ3n) is 4.23. The van der Waals surface area contributed by atoms with E-state index in [1.807, 2.05) is 12.2 Å². The highest BCUT2D eigenvalue weighted by Crippen LogP contribution is 2.33. The van der Waals surface area contributed by atoms with Gasteiger partial charge in [-0.3, -0.25) is 4.90 Å². The topological polar surface area (TPSA) is 112 Å². The Morgan fingerprint density at radius 2 is 2.11 bits per heavy atom. The molecule has 0 bridgehead atoms. The van der Waals surface area contributed by atoms with E-state index < -0.39 is 5.97 Å². The lowest BCUT2D eigenvalue weighted by Gasteiger charge is -2.26. The highest BCUT2D eigenvalue weighted by molar-refractivity contribution is 5.93. The molecule has 8 heteroatoms. The van der Waals surface area contributed by atoms with Crippen molar-refractivity contribution in [2.75, 3.05) is 70.7 Å². The summed E-state index contributed by atoms with van der Waals surface area (Å²) in [7, 11) is 1.34. The lowest BCUT2D eigenvalue weighted by molar-refractivity contribution is 0.0358. The van der Waals surface area contributed by atoms with E-state index in [-0.39, 0.29) is 0 Å². The Balaban J connectivity index is 2.01. The van der Waals surface area contributed by atoms with Crippen LogP contribution in [-0.4, -0.2) is 70.5 Å². The molecule has 1 heterocycles. The van der Waals surface area contributed by atoms with Crippen molar-refractivity contribution in [1.29, 1.82) is 0 Å². The molecule has 0 radical (unpaired) electrons. The van der Waals surface area contributed by atoms with Crippen molar-refractivity contribution in [3.63, 3.8) is 0 Å². The first-order chi connectivity index (χ1) is 13.2. The number of methoxy groups -OCH3 is 1. The molecule has 5 N–H and O–H groups in total. The number of ether oxygens (including phenoxy) is 3. The Morgan fingerprint density at radius 1 is 1.33 bits per heavy atom. The van der Waals surface area contributed by atoms with Crippen molar-refractivity contribution in [3.8, 4) is 5.75 Å². The summed E-state index contributed by atoms with van der Waals surface area (Å²) < 4.78 is 16.1. The number of nitrogens with zero attached hydrogens (tertiary/aromatic N) is 1. The molecule has 0 unspecified atom stereocenters. The van der Waals surface area contributed by atoms with Crippen LogP contribution in [-0.2, 0) is 9.47 Å². The van der Waals surface area contributed by atoms with Gasteiger partial charge in [0.2, 0.25) is 0 Å². The number of carbonyl (C=O) groups is 1. The van der Waals surface area contributed by atoms with Gasteiger partial charge < -0.3 is 31.0 Å². The number of esters is 1. The van der Waals surface area contributed by atoms with Gasteiger partial charge in [-0.05, 0) is 18.6 Å². The van der Waals surface area contributed by atoms with Crippen LogP contribution in [0.5, 0.6) is 5.75 Å². The molecular weight excluding hydrogens is 348 g/mol. The second kappa shape index (κ2) is 11.4. The molecule has 0 saturated carbocycles. The zero-order valence-corrected chi connectivity index (χ0v) is 15.9. The lowest BCUT2D eigenvalue weighted by Crippen LogP contribution is -2.37. The van der Waals surface area contributed by atoms with Crippen LogP contribution in [0.1, 0.15) is 16.8 Å². The van der Waals surface area contributed by atoms with Gasteiger partial charge in [-0.2, -0.15) is 0 Å². The second-order valence-electron chi connectivity index (χ2n) is 6.17. The average molecular weight is 378 g/mol. The molecule has 1 aromatic rings. The van der Waals surface area contributed by atoms with Gasteiger partial charge in [-0.15, -0.1) is 0 Å². The maximum atomic E-state index is 11.9. The first-order valence-corrected chi connectivity index (χ1v) is 9.19. The smallest absolute Gasteiger partial charge is 0.338 e. The number of nitrogens with two attached hydrogens (primary N) is 2. The molecule has 0 aliphatic carbocycles. The van der Waals surface area contributed by atoms with Crippen molar-refractivity contribution in [2.45, 2.75) is 6.42 Å². The molecule has 1 saturated heterocycles. The van der Waals surface area contributed by atoms with Crippen LogP contribution in [0.3, 0.4) is 0 Å². The van der Waals surface area contributed by atoms with Gasteiger partial charge in [0, 0.05) is 32.7 Å². The maximum Gasteiger partial charge on any atom is 0.338 e. The Labute approximate surface area is 160 Å². The summed E-state index contributed by atoms with van der Waals surface area (Å²) in [5.41, 5.74) is 13.0. The summed E-state index contributed by atoms with van der Waals surface area (Å²) in [6.07, 6.45) is 4.64. The van der Waals surface area contributed by atoms with Crippen molar-refractivity contribution in [3.05, 3.63) is 29.8 Å². The van der Waals surface area contributed by atoms with E-state index in [1.165, 1.54) is 7.11 Å². The number of benzene rings is 1. The Morgan fingerprint density at radius 3 is 2.81 bits per heavy atom. The molecule has 1 fully saturated rings. The zero-order chi connectivity index (χ0) is 19.5. The van der Waals surface area contributed by atoms with Gasteiger partial charge in [0.05, 0.1) is 38.2 Å². The van der Waals surface area contributed by atoms with Gasteiger partial charge in [0.25, 0.3) is 0 Å². The molecule has 1 aliphatic heterocycles. The van der Waals surface area contributed by atoms with Crippen LogP contribution in [0.15, 0.2) is 24.3 Å². The van der Waals surface area contributed by atoms with Gasteiger partial charge in [-0.25, -0.2) is 4.79 Å². The van der Waals surface area contributed by atoms with Crippen molar-refractivity contribution < 1.29 is 19.0 Å². The number of nitrogen functional groups attached to an aromatic ring is 1. The number of morpholine rings is 1. The molecule has 0 atom stereocenters. The quantitative estimate of drug-likeness (QED) is 0.240. The van der Waals surface area contributed by atoms with Crippen LogP contribution in [0.4, 0.5) is 11.4 Å². The largest absolute Gasteiger partial charge is 0.491 e. The highest BCUT2D eigenvalue weighted by Gasteiger charge is 2.15. The normalized spacial score (nSPS) is 15.0. The number of hydrogen-bond acceptors (Lipinski definition) is 8. The van der Waals surface area contributed by atoms with Crippen LogP contribution in [0.25, 0.3) is 0 Å². The van der Waals surface area contributed by atoms with Gasteiger partial charge in [0.1, 0.15) is 11.4 Å². The summed E-state index contributed by atoms with van der Waals surface area (Å²) >= 11 is 0. The Hall–Kier alpha value is -2.29. The maximum absolute atomic E-state index is 11.9. The zero-order valence-electron chi connectivity index (χ0n) is 15.9. The average Bonchev–Trinajstić information content (AvgIpc) is 2.69. The number of anilines is 2. The van der Waals surface area contributed by atoms with E-state index in [2.05, 4.69) is 10.2 Å². The predicted molar refractivity (Wildman–Crippen MR) is 106 cm³/mol. The fourth-order valence-electron chi connectivity index (χ4n) is 2.81. The summed E-state index contributed by atoms with van der Waals surface area (Å²) in [5.74, 6) is 0.0907. The molecule has 2 rings (SSSR count). The molecule has 8 nitrogen and oxygen atoms in total. The number of carbonyl (C=O) groups excluding carboxylic acids is 1. The third kappa shape index (κ3) is 6.74. The number of rotatable bonds is 10. The Kier molecular flexibility index (Phi) is 8.90. The fraction of sp³-hybridized carbons (Fsp3) is 0.526. The van der Waals surface area contributed by atoms with Gasteiger partial charge in [-0.1, -0.05) is 12.2 Å². The van der Waals surface area contributed by atoms with Gasteiger partial charge >= 0.3 is 5.97 Å². The minimum Gasteiger partial charge on any atom is -0.491 e. The summed E-state index contributed by atoms with van der Waals surface area (Å²) in [6, 6.07) is 3.24. The van der Waals surface area contributed by atoms with Crippen molar-refractivity contribution in [2.24, 2.45) is 5.73 Å². The Bertz CT molecular complexity index is 630. The van der Waals surface area contributed by atoms with Crippen molar-refractivity contribution in [1.82, 2.24) is 4.90 Å².